The average Bonchev–Trinajstić information content (AvgIpc) is 2.37. The molecular formula is C10H13N3O5. The fourth-order valence-corrected chi connectivity index (χ4v) is 1.29. The van der Waals surface area contributed by atoms with Crippen LogP contribution in [0.1, 0.15) is 0 Å². The number of hydrogen-bond donors (Lipinski definition) is 0. The van der Waals surface area contributed by atoms with Crippen LogP contribution in [-0.4, -0.2) is 43.7 Å². The number of anilines is 1. The highest BCUT2D eigenvalue weighted by Gasteiger charge is 2.21. The van der Waals surface area contributed by atoms with Crippen LogP contribution in [0.4, 0.5) is 11.5 Å². The van der Waals surface area contributed by atoms with Crippen LogP contribution in [0.5, 0.6) is 5.88 Å². The van der Waals surface area contributed by atoms with E-state index >= 15 is 0 Å². The van der Waals surface area contributed by atoms with Crippen molar-refractivity contribution in [2.24, 2.45) is 0 Å². The second-order valence-electron chi connectivity index (χ2n) is 3.39. The van der Waals surface area contributed by atoms with Gasteiger partial charge in [-0.15, -0.1) is 0 Å². The van der Waals surface area contributed by atoms with Crippen molar-refractivity contribution in [3.8, 4) is 5.88 Å². The van der Waals surface area contributed by atoms with Crippen LogP contribution in [0.15, 0.2) is 12.1 Å². The molecule has 0 unspecified atom stereocenters. The molecule has 1 aromatic heterocycles. The fraction of sp³-hybridized carbons (Fsp3) is 0.400. The van der Waals surface area contributed by atoms with Crippen molar-refractivity contribution in [1.82, 2.24) is 4.98 Å². The fourth-order valence-electron chi connectivity index (χ4n) is 1.29. The van der Waals surface area contributed by atoms with Gasteiger partial charge >= 0.3 is 11.7 Å². The van der Waals surface area contributed by atoms with Gasteiger partial charge in [0.25, 0.3) is 0 Å². The molecule has 1 heterocycles. The Labute approximate surface area is 103 Å². The monoisotopic (exact) mass is 255 g/mol. The first-order valence-corrected chi connectivity index (χ1v) is 4.97. The molecule has 0 fully saturated rings. The molecule has 0 N–H and O–H groups in total. The van der Waals surface area contributed by atoms with Gasteiger partial charge in [-0.3, -0.25) is 14.9 Å². The highest BCUT2D eigenvalue weighted by molar-refractivity contribution is 5.76. The van der Waals surface area contributed by atoms with Gasteiger partial charge in [-0.2, -0.15) is 4.98 Å². The van der Waals surface area contributed by atoms with E-state index in [0.717, 1.165) is 0 Å². The van der Waals surface area contributed by atoms with Crippen LogP contribution in [-0.2, 0) is 9.53 Å². The number of nitro groups is 1. The molecule has 8 nitrogen and oxygen atoms in total. The molecule has 98 valence electrons. The van der Waals surface area contributed by atoms with E-state index < -0.39 is 10.9 Å². The van der Waals surface area contributed by atoms with E-state index in [0.29, 0.717) is 0 Å². The number of likely N-dealkylation sites (N-methyl/N-ethyl adjacent to an activating group) is 1. The molecular weight excluding hydrogens is 242 g/mol. The predicted octanol–water partition coefficient (Wildman–Crippen LogP) is 0.608. The third-order valence-corrected chi connectivity index (χ3v) is 2.19. The van der Waals surface area contributed by atoms with Crippen LogP contribution in [0.25, 0.3) is 0 Å². The lowest BCUT2D eigenvalue weighted by molar-refractivity contribution is -0.384. The summed E-state index contributed by atoms with van der Waals surface area (Å²) in [6, 6.07) is 2.66. The van der Waals surface area contributed by atoms with Crippen LogP contribution in [0.2, 0.25) is 0 Å². The third kappa shape index (κ3) is 3.06. The quantitative estimate of drug-likeness (QED) is 0.432. The Morgan fingerprint density at radius 3 is 2.67 bits per heavy atom. The second kappa shape index (κ2) is 5.80. The van der Waals surface area contributed by atoms with Gasteiger partial charge in [-0.25, -0.2) is 0 Å². The first-order valence-electron chi connectivity index (χ1n) is 4.97. The largest absolute Gasteiger partial charge is 0.481 e. The number of rotatable bonds is 5. The van der Waals surface area contributed by atoms with Gasteiger partial charge in [0.1, 0.15) is 6.54 Å². The molecule has 0 radical (unpaired) electrons. The zero-order chi connectivity index (χ0) is 13.7. The van der Waals surface area contributed by atoms with Crippen LogP contribution in [0.3, 0.4) is 0 Å². The number of nitrogens with zero attached hydrogens (tertiary/aromatic N) is 3. The summed E-state index contributed by atoms with van der Waals surface area (Å²) >= 11 is 0. The summed E-state index contributed by atoms with van der Waals surface area (Å²) in [6.45, 7) is -0.141. The molecule has 0 aliphatic carbocycles. The Morgan fingerprint density at radius 1 is 1.50 bits per heavy atom. The summed E-state index contributed by atoms with van der Waals surface area (Å²) in [5, 5.41) is 10.9. The van der Waals surface area contributed by atoms with Gasteiger partial charge in [-0.1, -0.05) is 0 Å². The van der Waals surface area contributed by atoms with E-state index in [1.54, 1.807) is 0 Å². The lowest BCUT2D eigenvalue weighted by atomic mass is 10.3. The molecule has 1 aromatic rings. The molecule has 8 heteroatoms. The molecule has 18 heavy (non-hydrogen) atoms. The molecule has 1 rings (SSSR count). The van der Waals surface area contributed by atoms with Gasteiger partial charge in [0.05, 0.1) is 19.1 Å². The summed E-state index contributed by atoms with van der Waals surface area (Å²) in [7, 11) is 4.15. The lowest BCUT2D eigenvalue weighted by Crippen LogP contribution is -2.27. The Kier molecular flexibility index (Phi) is 4.41. The van der Waals surface area contributed by atoms with Gasteiger partial charge < -0.3 is 14.4 Å². The Bertz CT molecular complexity index is 463. The molecule has 0 amide bonds. The number of esters is 1. The Balaban J connectivity index is 3.10. The van der Waals surface area contributed by atoms with Gasteiger partial charge in [0, 0.05) is 19.2 Å². The first kappa shape index (κ1) is 13.7. The Morgan fingerprint density at radius 2 is 2.17 bits per heavy atom. The maximum Gasteiger partial charge on any atom is 0.325 e. The minimum atomic E-state index is -0.574. The summed E-state index contributed by atoms with van der Waals surface area (Å²) < 4.78 is 9.38. The molecule has 0 aromatic carbocycles. The van der Waals surface area contributed by atoms with Crippen LogP contribution < -0.4 is 9.64 Å². The highest BCUT2D eigenvalue weighted by Crippen LogP contribution is 2.27. The smallest absolute Gasteiger partial charge is 0.325 e. The minimum absolute atomic E-state index is 0.0461. The van der Waals surface area contributed by atoms with Gasteiger partial charge in [0.2, 0.25) is 11.7 Å². The number of hydrogen-bond acceptors (Lipinski definition) is 7. The summed E-state index contributed by atoms with van der Waals surface area (Å²) in [6.07, 6.45) is 0. The van der Waals surface area contributed by atoms with Crippen molar-refractivity contribution >= 4 is 17.5 Å². The Hall–Kier alpha value is -2.38. The van der Waals surface area contributed by atoms with E-state index in [-0.39, 0.29) is 23.9 Å². The average molecular weight is 255 g/mol. The van der Waals surface area contributed by atoms with Gasteiger partial charge in [0.15, 0.2) is 0 Å². The number of methoxy groups -OCH3 is 2. The standard InChI is InChI=1S/C10H13N3O5/c1-12(6-9(14)18-3)10-7(13(15)16)4-5-8(11-10)17-2/h4-5H,6H2,1-3H3. The SMILES string of the molecule is COC(=O)CN(C)c1nc(OC)ccc1[N+](=O)[O-]. The van der Waals surface area contributed by atoms with E-state index in [4.69, 9.17) is 4.74 Å². The van der Waals surface area contributed by atoms with Crippen LogP contribution >= 0.6 is 0 Å². The first-order chi connectivity index (χ1) is 8.49. The van der Waals surface area contributed by atoms with E-state index in [9.17, 15) is 14.9 Å². The zero-order valence-corrected chi connectivity index (χ0v) is 10.2. The van der Waals surface area contributed by atoms with Crippen molar-refractivity contribution in [3.05, 3.63) is 22.2 Å². The maximum atomic E-state index is 11.1. The van der Waals surface area contributed by atoms with E-state index in [2.05, 4.69) is 9.72 Å². The number of aromatic nitrogens is 1. The van der Waals surface area contributed by atoms with Crippen molar-refractivity contribution in [1.29, 1.82) is 0 Å². The normalized spacial score (nSPS) is 9.72. The van der Waals surface area contributed by atoms with E-state index in [1.807, 2.05) is 0 Å². The molecule has 0 bridgehead atoms. The lowest BCUT2D eigenvalue weighted by Gasteiger charge is -2.16. The summed E-state index contributed by atoms with van der Waals surface area (Å²) in [4.78, 5) is 26.7. The van der Waals surface area contributed by atoms with Crippen LogP contribution in [0, 0.1) is 10.1 Å². The molecule has 0 aliphatic rings. The topological polar surface area (TPSA) is 94.8 Å². The van der Waals surface area contributed by atoms with Crippen molar-refractivity contribution in [2.45, 2.75) is 0 Å². The number of carbonyl (C=O) groups excluding carboxylic acids is 1. The molecule has 0 atom stereocenters. The van der Waals surface area contributed by atoms with Crippen molar-refractivity contribution in [2.75, 3.05) is 32.7 Å². The maximum absolute atomic E-state index is 11.1. The predicted molar refractivity (Wildman–Crippen MR) is 62.7 cm³/mol. The number of carbonyl (C=O) groups is 1. The highest BCUT2D eigenvalue weighted by atomic mass is 16.6. The second-order valence-corrected chi connectivity index (χ2v) is 3.39. The molecule has 0 saturated carbocycles. The minimum Gasteiger partial charge on any atom is -0.481 e. The van der Waals surface area contributed by atoms with Crippen molar-refractivity contribution < 1.29 is 19.2 Å². The van der Waals surface area contributed by atoms with E-state index in [1.165, 1.54) is 38.3 Å². The van der Waals surface area contributed by atoms with Gasteiger partial charge in [-0.05, 0) is 0 Å². The molecule has 0 spiro atoms. The number of pyridine rings is 1. The van der Waals surface area contributed by atoms with Crippen molar-refractivity contribution in [3.63, 3.8) is 0 Å². The molecule has 0 saturated heterocycles. The molecule has 0 aliphatic heterocycles. The summed E-state index contributed by atoms with van der Waals surface area (Å²) in [5.41, 5.74) is -0.206. The number of ether oxygens (including phenoxy) is 2. The third-order valence-electron chi connectivity index (χ3n) is 2.19. The summed E-state index contributed by atoms with van der Waals surface area (Å²) in [5.74, 6) is -0.242. The zero-order valence-electron chi connectivity index (χ0n) is 10.2.